The number of esters is 1. The van der Waals surface area contributed by atoms with Crippen LogP contribution in [-0.2, 0) is 27.2 Å². The third-order valence-corrected chi connectivity index (χ3v) is 6.96. The third-order valence-electron chi connectivity index (χ3n) is 6.96. The SMILES string of the molecule is CCOC(=O)Cc1cc(N2CCN(C)CC2)ncc1[N+](=O)[O-].CN1CCN(c2cc(CC(N)=O)c([N+](=O)[O-])cn2)CC1. The van der Waals surface area contributed by atoms with E-state index >= 15 is 0 Å². The minimum Gasteiger partial charge on any atom is -0.466 e. The summed E-state index contributed by atoms with van der Waals surface area (Å²) in [7, 11) is 4.09. The fourth-order valence-electron chi connectivity index (χ4n) is 4.54. The Kier molecular flexibility index (Phi) is 11.4. The molecule has 0 aromatic carbocycles. The maximum atomic E-state index is 11.6. The lowest BCUT2D eigenvalue weighted by Gasteiger charge is -2.33. The Labute approximate surface area is 243 Å². The number of anilines is 2. The Morgan fingerprint density at radius 3 is 1.57 bits per heavy atom. The molecule has 0 spiro atoms. The number of carbonyl (C=O) groups excluding carboxylic acids is 2. The van der Waals surface area contributed by atoms with Gasteiger partial charge in [-0.2, -0.15) is 0 Å². The van der Waals surface area contributed by atoms with Crippen LogP contribution in [0.1, 0.15) is 18.1 Å². The number of piperazine rings is 2. The molecule has 0 unspecified atom stereocenters. The highest BCUT2D eigenvalue weighted by Crippen LogP contribution is 2.25. The van der Waals surface area contributed by atoms with Crippen LogP contribution in [0.25, 0.3) is 0 Å². The first kappa shape index (κ1) is 32.1. The van der Waals surface area contributed by atoms with Crippen LogP contribution in [0, 0.1) is 20.2 Å². The zero-order valence-electron chi connectivity index (χ0n) is 24.1. The Morgan fingerprint density at radius 1 is 0.810 bits per heavy atom. The predicted molar refractivity (Wildman–Crippen MR) is 154 cm³/mol. The standard InChI is InChI=1S/C14H20N4O4.C12H17N5O3/c1-3-22-14(19)9-11-8-13(15-10-12(11)18(20)21)17-6-4-16(2)5-7-17;1-15-2-4-16(5-3-15)12-7-9(6-11(13)18)10(8-14-12)17(19)20/h8,10H,3-7,9H2,1-2H3;7-8H,2-6H2,1H3,(H2,13,18). The topological polar surface area (TPSA) is 194 Å². The van der Waals surface area contributed by atoms with Crippen molar-refractivity contribution >= 4 is 34.9 Å². The fraction of sp³-hybridized carbons (Fsp3) is 0.538. The number of aromatic nitrogens is 2. The summed E-state index contributed by atoms with van der Waals surface area (Å²) in [6, 6.07) is 3.22. The largest absolute Gasteiger partial charge is 0.466 e. The Hall–Kier alpha value is -4.44. The van der Waals surface area contributed by atoms with Gasteiger partial charge in [0.25, 0.3) is 11.4 Å². The molecule has 4 heterocycles. The van der Waals surface area contributed by atoms with Crippen molar-refractivity contribution in [3.05, 3.63) is 55.9 Å². The van der Waals surface area contributed by atoms with Gasteiger partial charge in [0, 0.05) is 63.5 Å². The maximum Gasteiger partial charge on any atom is 0.310 e. The average molecular weight is 588 g/mol. The van der Waals surface area contributed by atoms with Gasteiger partial charge in [0.1, 0.15) is 24.0 Å². The van der Waals surface area contributed by atoms with Crippen LogP contribution in [0.15, 0.2) is 24.5 Å². The second-order valence-electron chi connectivity index (χ2n) is 10.1. The molecule has 16 nitrogen and oxygen atoms in total. The summed E-state index contributed by atoms with van der Waals surface area (Å²) in [5.41, 5.74) is 5.48. The number of nitro groups is 2. The molecule has 0 radical (unpaired) electrons. The van der Waals surface area contributed by atoms with Crippen LogP contribution in [0.2, 0.25) is 0 Å². The second kappa shape index (κ2) is 15.0. The molecule has 42 heavy (non-hydrogen) atoms. The van der Waals surface area contributed by atoms with Crippen LogP contribution < -0.4 is 15.5 Å². The minimum atomic E-state index is -0.594. The zero-order valence-corrected chi connectivity index (χ0v) is 24.1. The van der Waals surface area contributed by atoms with E-state index in [1.807, 2.05) is 19.0 Å². The normalized spacial score (nSPS) is 15.9. The van der Waals surface area contributed by atoms with E-state index in [1.54, 1.807) is 19.1 Å². The molecule has 2 saturated heterocycles. The lowest BCUT2D eigenvalue weighted by molar-refractivity contribution is -0.385. The summed E-state index contributed by atoms with van der Waals surface area (Å²) >= 11 is 0. The number of primary amides is 1. The number of hydrogen-bond acceptors (Lipinski definition) is 13. The number of likely N-dealkylation sites (N-methyl/N-ethyl adjacent to an activating group) is 2. The Balaban J connectivity index is 0.000000231. The van der Waals surface area contributed by atoms with E-state index in [-0.39, 0.29) is 30.8 Å². The average Bonchev–Trinajstić information content (AvgIpc) is 2.93. The molecular formula is C26H37N9O7. The van der Waals surface area contributed by atoms with Gasteiger partial charge in [-0.1, -0.05) is 0 Å². The number of carbonyl (C=O) groups is 2. The molecule has 2 aliphatic rings. The van der Waals surface area contributed by atoms with E-state index in [4.69, 9.17) is 10.5 Å². The van der Waals surface area contributed by atoms with Gasteiger partial charge in [-0.05, 0) is 33.2 Å². The number of ether oxygens (including phenoxy) is 1. The van der Waals surface area contributed by atoms with Crippen molar-refractivity contribution in [2.75, 3.05) is 82.9 Å². The highest BCUT2D eigenvalue weighted by molar-refractivity contribution is 5.78. The smallest absolute Gasteiger partial charge is 0.310 e. The maximum absolute atomic E-state index is 11.6. The summed E-state index contributed by atoms with van der Waals surface area (Å²) < 4.78 is 4.88. The van der Waals surface area contributed by atoms with Crippen molar-refractivity contribution in [1.29, 1.82) is 0 Å². The van der Waals surface area contributed by atoms with Crippen LogP contribution in [0.5, 0.6) is 0 Å². The zero-order chi connectivity index (χ0) is 30.8. The summed E-state index contributed by atoms with van der Waals surface area (Å²) in [5.74, 6) is 0.253. The first-order valence-electron chi connectivity index (χ1n) is 13.6. The van der Waals surface area contributed by atoms with Crippen LogP contribution in [0.4, 0.5) is 23.0 Å². The minimum absolute atomic E-state index is 0.118. The van der Waals surface area contributed by atoms with Gasteiger partial charge in [-0.3, -0.25) is 29.8 Å². The third kappa shape index (κ3) is 9.04. The molecule has 2 fully saturated rings. The van der Waals surface area contributed by atoms with Crippen LogP contribution >= 0.6 is 0 Å². The van der Waals surface area contributed by atoms with Gasteiger partial charge in [0.15, 0.2) is 0 Å². The molecule has 2 aromatic rings. The number of nitrogens with zero attached hydrogens (tertiary/aromatic N) is 8. The number of hydrogen-bond donors (Lipinski definition) is 1. The van der Waals surface area contributed by atoms with E-state index in [2.05, 4.69) is 24.7 Å². The molecule has 2 aromatic heterocycles. The molecular weight excluding hydrogens is 550 g/mol. The van der Waals surface area contributed by atoms with Gasteiger partial charge in [0.2, 0.25) is 5.91 Å². The fourth-order valence-corrected chi connectivity index (χ4v) is 4.54. The van der Waals surface area contributed by atoms with E-state index < -0.39 is 21.7 Å². The van der Waals surface area contributed by atoms with Crippen molar-refractivity contribution in [2.45, 2.75) is 19.8 Å². The molecule has 2 N–H and O–H groups in total. The molecule has 0 saturated carbocycles. The van der Waals surface area contributed by atoms with Crippen molar-refractivity contribution in [3.8, 4) is 0 Å². The lowest BCUT2D eigenvalue weighted by atomic mass is 10.1. The first-order valence-corrected chi connectivity index (χ1v) is 13.6. The monoisotopic (exact) mass is 587 g/mol. The second-order valence-corrected chi connectivity index (χ2v) is 10.1. The van der Waals surface area contributed by atoms with Gasteiger partial charge < -0.3 is 30.1 Å². The molecule has 228 valence electrons. The molecule has 0 aliphatic carbocycles. The lowest BCUT2D eigenvalue weighted by Crippen LogP contribution is -2.44. The molecule has 16 heteroatoms. The number of amides is 1. The van der Waals surface area contributed by atoms with Crippen molar-refractivity contribution in [2.24, 2.45) is 5.73 Å². The van der Waals surface area contributed by atoms with Gasteiger partial charge >= 0.3 is 5.97 Å². The Morgan fingerprint density at radius 2 is 1.21 bits per heavy atom. The summed E-state index contributed by atoms with van der Waals surface area (Å²) in [5, 5.41) is 22.0. The predicted octanol–water partition coefficient (Wildman–Crippen LogP) is 0.617. The van der Waals surface area contributed by atoms with E-state index in [1.165, 1.54) is 12.4 Å². The van der Waals surface area contributed by atoms with Crippen LogP contribution in [-0.4, -0.2) is 115 Å². The molecule has 0 bridgehead atoms. The van der Waals surface area contributed by atoms with Crippen molar-refractivity contribution in [1.82, 2.24) is 19.8 Å². The first-order chi connectivity index (χ1) is 20.0. The quantitative estimate of drug-likeness (QED) is 0.244. The van der Waals surface area contributed by atoms with Crippen molar-refractivity contribution in [3.63, 3.8) is 0 Å². The van der Waals surface area contributed by atoms with Crippen molar-refractivity contribution < 1.29 is 24.2 Å². The summed E-state index contributed by atoms with van der Waals surface area (Å²) in [6.07, 6.45) is 2.15. The highest BCUT2D eigenvalue weighted by atomic mass is 16.6. The van der Waals surface area contributed by atoms with Gasteiger partial charge in [-0.25, -0.2) is 9.97 Å². The Bertz CT molecular complexity index is 1280. The van der Waals surface area contributed by atoms with E-state index in [0.29, 0.717) is 22.8 Å². The number of nitrogens with two attached hydrogens (primary N) is 1. The van der Waals surface area contributed by atoms with E-state index in [0.717, 1.165) is 52.4 Å². The van der Waals surface area contributed by atoms with Gasteiger partial charge in [0.05, 0.1) is 29.3 Å². The van der Waals surface area contributed by atoms with E-state index in [9.17, 15) is 29.8 Å². The van der Waals surface area contributed by atoms with Gasteiger partial charge in [-0.15, -0.1) is 0 Å². The molecule has 0 atom stereocenters. The molecule has 4 rings (SSSR count). The summed E-state index contributed by atoms with van der Waals surface area (Å²) in [4.78, 5) is 60.5. The highest BCUT2D eigenvalue weighted by Gasteiger charge is 2.23. The number of pyridine rings is 2. The molecule has 2 aliphatic heterocycles. The van der Waals surface area contributed by atoms with Crippen LogP contribution in [0.3, 0.4) is 0 Å². The summed E-state index contributed by atoms with van der Waals surface area (Å²) in [6.45, 7) is 8.80. The molecule has 1 amide bonds. The number of rotatable bonds is 9.